The molecule has 1 amide bonds. The van der Waals surface area contributed by atoms with Gasteiger partial charge in [-0.2, -0.15) is 13.2 Å². The van der Waals surface area contributed by atoms with Gasteiger partial charge in [0.05, 0.1) is 12.7 Å². The Morgan fingerprint density at radius 3 is 2.56 bits per heavy atom. The van der Waals surface area contributed by atoms with Crippen LogP contribution in [0.15, 0.2) is 30.5 Å². The average molecular weight is 382 g/mol. The number of hydrogen-bond acceptors (Lipinski definition) is 3. The fraction of sp³-hybridized carbons (Fsp3) is 0.444. The van der Waals surface area contributed by atoms with E-state index in [-0.39, 0.29) is 36.2 Å². The lowest BCUT2D eigenvalue weighted by atomic mass is 10.1. The Bertz CT molecular complexity index is 833. The first-order valence-electron chi connectivity index (χ1n) is 8.70. The number of aromatic nitrogens is 2. The van der Waals surface area contributed by atoms with Crippen LogP contribution in [-0.4, -0.2) is 44.3 Å². The van der Waals surface area contributed by atoms with Crippen LogP contribution < -0.4 is 0 Å². The van der Waals surface area contributed by atoms with E-state index in [0.29, 0.717) is 19.5 Å². The number of aromatic amines is 1. The fourth-order valence-corrected chi connectivity index (χ4v) is 3.98. The van der Waals surface area contributed by atoms with Crippen LogP contribution in [0.25, 0.3) is 0 Å². The van der Waals surface area contributed by atoms with E-state index in [4.69, 9.17) is 0 Å². The van der Waals surface area contributed by atoms with Gasteiger partial charge in [-0.25, -0.2) is 9.37 Å². The summed E-state index contributed by atoms with van der Waals surface area (Å²) in [7, 11) is 0. The van der Waals surface area contributed by atoms with E-state index in [1.54, 1.807) is 17.0 Å². The maximum atomic E-state index is 13.1. The minimum absolute atomic E-state index is 0.00875. The number of H-pyrrole nitrogens is 1. The number of fused-ring (bicyclic) bond motifs is 1. The van der Waals surface area contributed by atoms with E-state index in [2.05, 4.69) is 9.97 Å². The molecule has 0 spiro atoms. The van der Waals surface area contributed by atoms with Crippen molar-refractivity contribution in [2.45, 2.75) is 44.2 Å². The van der Waals surface area contributed by atoms with Gasteiger partial charge in [0, 0.05) is 31.6 Å². The van der Waals surface area contributed by atoms with Gasteiger partial charge in [-0.05, 0) is 24.1 Å². The summed E-state index contributed by atoms with van der Waals surface area (Å²) in [4.78, 5) is 22.4. The molecular weight excluding hydrogens is 364 g/mol. The normalized spacial score (nSPS) is 23.3. The molecule has 144 valence electrons. The molecule has 4 rings (SSSR count). The first-order valence-corrected chi connectivity index (χ1v) is 8.70. The molecule has 2 saturated heterocycles. The summed E-state index contributed by atoms with van der Waals surface area (Å²) in [5, 5.41) is 0. The second-order valence-corrected chi connectivity index (χ2v) is 6.99. The number of hydrogen-bond donors (Lipinski definition) is 1. The van der Waals surface area contributed by atoms with Crippen LogP contribution in [0.2, 0.25) is 0 Å². The van der Waals surface area contributed by atoms with Crippen LogP contribution in [0, 0.1) is 5.82 Å². The third kappa shape index (κ3) is 3.55. The predicted octanol–water partition coefficient (Wildman–Crippen LogP) is 2.94. The molecule has 0 unspecified atom stereocenters. The highest BCUT2D eigenvalue weighted by molar-refractivity contribution is 5.80. The number of likely N-dealkylation sites (tertiary alicyclic amines) is 2. The van der Waals surface area contributed by atoms with Gasteiger partial charge in [-0.15, -0.1) is 0 Å². The molecule has 2 aliphatic heterocycles. The predicted molar refractivity (Wildman–Crippen MR) is 87.8 cm³/mol. The SMILES string of the molecule is O=C1C[C@H]2[C@H](CCN2Cc2ncc(C(F)(F)F)[nH]2)N1Cc1ccc(F)cc1. The van der Waals surface area contributed by atoms with Gasteiger partial charge < -0.3 is 9.88 Å². The molecule has 9 heteroatoms. The highest BCUT2D eigenvalue weighted by Crippen LogP contribution is 2.34. The summed E-state index contributed by atoms with van der Waals surface area (Å²) < 4.78 is 51.2. The molecule has 0 saturated carbocycles. The van der Waals surface area contributed by atoms with Gasteiger partial charge in [0.1, 0.15) is 17.3 Å². The molecule has 0 bridgehead atoms. The Labute approximate surface area is 153 Å². The molecular formula is C18H18F4N4O. The minimum atomic E-state index is -4.45. The number of amides is 1. The maximum absolute atomic E-state index is 13.1. The highest BCUT2D eigenvalue weighted by Gasteiger charge is 2.46. The van der Waals surface area contributed by atoms with Crippen LogP contribution >= 0.6 is 0 Å². The summed E-state index contributed by atoms with van der Waals surface area (Å²) in [6, 6.07) is 6.01. The standard InChI is InChI=1S/C18H18F4N4O/c19-12-3-1-11(2-4-12)9-26-13-5-6-25(14(13)7-17(26)27)10-16-23-8-15(24-16)18(20,21)22/h1-4,8,13-14H,5-7,9-10H2,(H,23,24)/t13-,14-/m0/s1. The average Bonchev–Trinajstić information content (AvgIpc) is 3.29. The zero-order chi connectivity index (χ0) is 19.2. The summed E-state index contributed by atoms with van der Waals surface area (Å²) in [5.74, 6) is -0.0741. The second-order valence-electron chi connectivity index (χ2n) is 6.99. The van der Waals surface area contributed by atoms with Gasteiger partial charge in [0.15, 0.2) is 0 Å². The van der Waals surface area contributed by atoms with E-state index in [1.165, 1.54) is 12.1 Å². The van der Waals surface area contributed by atoms with Crippen LogP contribution in [0.1, 0.15) is 29.9 Å². The summed E-state index contributed by atoms with van der Waals surface area (Å²) in [6.07, 6.45) is -2.57. The number of rotatable bonds is 4. The monoisotopic (exact) mass is 382 g/mol. The summed E-state index contributed by atoms with van der Waals surface area (Å²) in [5.41, 5.74) is -0.0154. The minimum Gasteiger partial charge on any atom is -0.337 e. The number of carbonyl (C=O) groups excluding carboxylic acids is 1. The van der Waals surface area contributed by atoms with Gasteiger partial charge >= 0.3 is 6.18 Å². The number of halogens is 4. The van der Waals surface area contributed by atoms with E-state index < -0.39 is 11.9 Å². The quantitative estimate of drug-likeness (QED) is 0.828. The topological polar surface area (TPSA) is 52.2 Å². The molecule has 2 aliphatic rings. The second kappa shape index (κ2) is 6.63. The lowest BCUT2D eigenvalue weighted by Crippen LogP contribution is -2.36. The van der Waals surface area contributed by atoms with Crippen molar-refractivity contribution in [1.82, 2.24) is 19.8 Å². The van der Waals surface area contributed by atoms with Gasteiger partial charge in [-0.1, -0.05) is 12.1 Å². The molecule has 2 aromatic rings. The van der Waals surface area contributed by atoms with Gasteiger partial charge in [0.25, 0.3) is 0 Å². The molecule has 2 fully saturated rings. The van der Waals surface area contributed by atoms with Gasteiger partial charge in [-0.3, -0.25) is 9.69 Å². The lowest BCUT2D eigenvalue weighted by Gasteiger charge is -2.25. The van der Waals surface area contributed by atoms with Crippen LogP contribution in [-0.2, 0) is 24.1 Å². The van der Waals surface area contributed by atoms with Crippen molar-refractivity contribution >= 4 is 5.91 Å². The number of nitrogens with zero attached hydrogens (tertiary/aromatic N) is 3. The molecule has 0 aliphatic carbocycles. The molecule has 1 aromatic carbocycles. The van der Waals surface area contributed by atoms with Crippen molar-refractivity contribution < 1.29 is 22.4 Å². The van der Waals surface area contributed by atoms with Crippen LogP contribution in [0.3, 0.4) is 0 Å². The maximum Gasteiger partial charge on any atom is 0.432 e. The van der Waals surface area contributed by atoms with Gasteiger partial charge in [0.2, 0.25) is 5.91 Å². The smallest absolute Gasteiger partial charge is 0.337 e. The van der Waals surface area contributed by atoms with E-state index in [1.807, 2.05) is 4.90 Å². The van der Waals surface area contributed by atoms with Crippen molar-refractivity contribution in [3.8, 4) is 0 Å². The third-order valence-electron chi connectivity index (χ3n) is 5.28. The van der Waals surface area contributed by atoms with Crippen LogP contribution in [0.5, 0.6) is 0 Å². The summed E-state index contributed by atoms with van der Waals surface area (Å²) in [6.45, 7) is 1.34. The first kappa shape index (κ1) is 18.0. The third-order valence-corrected chi connectivity index (χ3v) is 5.28. The fourth-order valence-electron chi connectivity index (χ4n) is 3.98. The number of nitrogens with one attached hydrogen (secondary N) is 1. The Balaban J connectivity index is 1.44. The van der Waals surface area contributed by atoms with E-state index in [9.17, 15) is 22.4 Å². The Morgan fingerprint density at radius 1 is 1.15 bits per heavy atom. The Hall–Kier alpha value is -2.42. The molecule has 2 atom stereocenters. The van der Waals surface area contributed by atoms with E-state index in [0.717, 1.165) is 18.2 Å². The van der Waals surface area contributed by atoms with Crippen molar-refractivity contribution in [2.75, 3.05) is 6.54 Å². The van der Waals surface area contributed by atoms with Crippen LogP contribution in [0.4, 0.5) is 17.6 Å². The molecule has 0 radical (unpaired) electrons. The number of carbonyl (C=O) groups is 1. The first-order chi connectivity index (χ1) is 12.8. The Kier molecular flexibility index (Phi) is 4.41. The molecule has 5 nitrogen and oxygen atoms in total. The number of alkyl halides is 3. The van der Waals surface area contributed by atoms with Crippen molar-refractivity contribution in [2.24, 2.45) is 0 Å². The molecule has 3 heterocycles. The highest BCUT2D eigenvalue weighted by atomic mass is 19.4. The van der Waals surface area contributed by atoms with Crippen molar-refractivity contribution in [3.05, 3.63) is 53.4 Å². The molecule has 27 heavy (non-hydrogen) atoms. The number of imidazole rings is 1. The lowest BCUT2D eigenvalue weighted by molar-refractivity contribution is -0.141. The number of benzene rings is 1. The zero-order valence-electron chi connectivity index (χ0n) is 14.3. The van der Waals surface area contributed by atoms with Crippen molar-refractivity contribution in [1.29, 1.82) is 0 Å². The van der Waals surface area contributed by atoms with Crippen molar-refractivity contribution in [3.63, 3.8) is 0 Å². The largest absolute Gasteiger partial charge is 0.432 e. The zero-order valence-corrected chi connectivity index (χ0v) is 14.3. The summed E-state index contributed by atoms with van der Waals surface area (Å²) >= 11 is 0. The Morgan fingerprint density at radius 2 is 1.89 bits per heavy atom. The van der Waals surface area contributed by atoms with E-state index >= 15 is 0 Å². The molecule has 1 N–H and O–H groups in total. The molecule has 1 aromatic heterocycles.